The monoisotopic (exact) mass is 278 g/mol. The summed E-state index contributed by atoms with van der Waals surface area (Å²) in [6.07, 6.45) is 5.52. The molecule has 3 nitrogen and oxygen atoms in total. The Kier molecular flexibility index (Phi) is 3.52. The summed E-state index contributed by atoms with van der Waals surface area (Å²) in [5.41, 5.74) is 0. The molecule has 0 radical (unpaired) electrons. The Labute approximate surface area is 120 Å². The molecule has 0 amide bonds. The van der Waals surface area contributed by atoms with Gasteiger partial charge in [0.25, 0.3) is 0 Å². The summed E-state index contributed by atoms with van der Waals surface area (Å²) in [5.74, 6) is 3.72. The van der Waals surface area contributed by atoms with Crippen LogP contribution in [0.3, 0.4) is 0 Å². The van der Waals surface area contributed by atoms with Crippen LogP contribution in [-0.2, 0) is 6.54 Å². The molecule has 2 fully saturated rings. The molecular formula is C15H22N2OS. The maximum absolute atomic E-state index is 5.59. The van der Waals surface area contributed by atoms with E-state index >= 15 is 0 Å². The maximum atomic E-state index is 5.59. The average Bonchev–Trinajstić information content (AvgIpc) is 3.06. The van der Waals surface area contributed by atoms with Gasteiger partial charge in [0.2, 0.25) is 0 Å². The second-order valence-electron chi connectivity index (χ2n) is 6.10. The zero-order valence-electron chi connectivity index (χ0n) is 11.7. The van der Waals surface area contributed by atoms with Gasteiger partial charge in [-0.25, -0.2) is 0 Å². The molecule has 0 aliphatic heterocycles. The van der Waals surface area contributed by atoms with E-state index in [1.165, 1.54) is 25.7 Å². The minimum atomic E-state index is 0.604. The molecule has 2 aliphatic rings. The Bertz CT molecular complexity index is 470. The van der Waals surface area contributed by atoms with Crippen molar-refractivity contribution in [1.29, 1.82) is 0 Å². The highest BCUT2D eigenvalue weighted by Gasteiger charge is 2.39. The number of nitrogens with one attached hydrogen (secondary N) is 1. The SMILES string of the molecule is Cc1ccc(CN(C)C(=S)NC2CC3CCC2C3)o1. The van der Waals surface area contributed by atoms with Crippen LogP contribution < -0.4 is 5.32 Å². The summed E-state index contributed by atoms with van der Waals surface area (Å²) in [6, 6.07) is 4.62. The first kappa shape index (κ1) is 13.0. The number of nitrogens with zero attached hydrogens (tertiary/aromatic N) is 1. The number of aryl methyl sites for hydroxylation is 1. The summed E-state index contributed by atoms with van der Waals surface area (Å²) in [4.78, 5) is 2.07. The molecule has 0 saturated heterocycles. The summed E-state index contributed by atoms with van der Waals surface area (Å²) < 4.78 is 5.59. The van der Waals surface area contributed by atoms with Crippen LogP contribution in [0.15, 0.2) is 16.5 Å². The fraction of sp³-hybridized carbons (Fsp3) is 0.667. The van der Waals surface area contributed by atoms with E-state index in [9.17, 15) is 0 Å². The topological polar surface area (TPSA) is 28.4 Å². The van der Waals surface area contributed by atoms with Crippen molar-refractivity contribution in [2.45, 2.75) is 45.2 Å². The second kappa shape index (κ2) is 5.16. The van der Waals surface area contributed by atoms with E-state index in [0.29, 0.717) is 6.04 Å². The lowest BCUT2D eigenvalue weighted by Crippen LogP contribution is -2.44. The standard InChI is InChI=1S/C15H22N2OS/c1-10-3-6-13(18-10)9-17(2)15(19)16-14-8-11-4-5-12(14)7-11/h3,6,11-12,14H,4-5,7-9H2,1-2H3,(H,16,19). The Morgan fingerprint density at radius 1 is 1.42 bits per heavy atom. The van der Waals surface area contributed by atoms with Crippen molar-refractivity contribution >= 4 is 17.3 Å². The van der Waals surface area contributed by atoms with Crippen molar-refractivity contribution in [3.63, 3.8) is 0 Å². The van der Waals surface area contributed by atoms with Crippen LogP contribution >= 0.6 is 12.2 Å². The molecule has 1 aromatic rings. The Balaban J connectivity index is 1.52. The molecular weight excluding hydrogens is 256 g/mol. The highest BCUT2D eigenvalue weighted by Crippen LogP contribution is 2.44. The Morgan fingerprint density at radius 2 is 2.26 bits per heavy atom. The fourth-order valence-corrected chi connectivity index (χ4v) is 3.78. The predicted molar refractivity (Wildman–Crippen MR) is 79.9 cm³/mol. The van der Waals surface area contributed by atoms with Gasteiger partial charge in [0.05, 0.1) is 6.54 Å². The van der Waals surface area contributed by atoms with Crippen LogP contribution in [0.5, 0.6) is 0 Å². The molecule has 0 aromatic carbocycles. The van der Waals surface area contributed by atoms with Crippen LogP contribution in [-0.4, -0.2) is 23.1 Å². The van der Waals surface area contributed by atoms with E-state index in [1.807, 2.05) is 26.1 Å². The van der Waals surface area contributed by atoms with E-state index in [2.05, 4.69) is 10.2 Å². The molecule has 1 N–H and O–H groups in total. The van der Waals surface area contributed by atoms with Gasteiger partial charge in [0.15, 0.2) is 5.11 Å². The number of thiocarbonyl (C=S) groups is 1. The van der Waals surface area contributed by atoms with Crippen molar-refractivity contribution in [1.82, 2.24) is 10.2 Å². The van der Waals surface area contributed by atoms with Crippen LogP contribution in [0.1, 0.15) is 37.2 Å². The van der Waals surface area contributed by atoms with E-state index in [1.54, 1.807) is 0 Å². The quantitative estimate of drug-likeness (QED) is 0.860. The molecule has 2 saturated carbocycles. The molecule has 3 unspecified atom stereocenters. The molecule has 1 heterocycles. The van der Waals surface area contributed by atoms with Crippen molar-refractivity contribution in [2.75, 3.05) is 7.05 Å². The van der Waals surface area contributed by atoms with Gasteiger partial charge in [0.1, 0.15) is 11.5 Å². The first-order chi connectivity index (χ1) is 9.11. The largest absolute Gasteiger partial charge is 0.464 e. The summed E-state index contributed by atoms with van der Waals surface area (Å²) in [7, 11) is 2.03. The Morgan fingerprint density at radius 3 is 2.84 bits per heavy atom. The fourth-order valence-electron chi connectivity index (χ4n) is 3.57. The second-order valence-corrected chi connectivity index (χ2v) is 6.49. The number of fused-ring (bicyclic) bond motifs is 2. The molecule has 104 valence electrons. The molecule has 1 aromatic heterocycles. The van der Waals surface area contributed by atoms with E-state index in [4.69, 9.17) is 16.6 Å². The van der Waals surface area contributed by atoms with Gasteiger partial charge in [-0.1, -0.05) is 6.42 Å². The molecule has 2 aliphatic carbocycles. The molecule has 19 heavy (non-hydrogen) atoms. The summed E-state index contributed by atoms with van der Waals surface area (Å²) in [6.45, 7) is 2.70. The van der Waals surface area contributed by atoms with Crippen molar-refractivity contribution in [3.8, 4) is 0 Å². The lowest BCUT2D eigenvalue weighted by atomic mass is 9.95. The zero-order chi connectivity index (χ0) is 13.4. The molecule has 3 atom stereocenters. The van der Waals surface area contributed by atoms with Crippen LogP contribution in [0, 0.1) is 18.8 Å². The van der Waals surface area contributed by atoms with E-state index < -0.39 is 0 Å². The number of hydrogen-bond acceptors (Lipinski definition) is 2. The third-order valence-electron chi connectivity index (χ3n) is 4.58. The molecule has 2 bridgehead atoms. The molecule has 4 heteroatoms. The molecule has 0 spiro atoms. The smallest absolute Gasteiger partial charge is 0.169 e. The van der Waals surface area contributed by atoms with Crippen LogP contribution in [0.25, 0.3) is 0 Å². The Hall–Kier alpha value is -1.03. The van der Waals surface area contributed by atoms with Crippen LogP contribution in [0.2, 0.25) is 0 Å². The first-order valence-electron chi connectivity index (χ1n) is 7.19. The normalized spacial score (nSPS) is 28.6. The third-order valence-corrected chi connectivity index (χ3v) is 5.01. The number of hydrogen-bond donors (Lipinski definition) is 1. The number of furan rings is 1. The lowest BCUT2D eigenvalue weighted by molar-refractivity contribution is 0.359. The third kappa shape index (κ3) is 2.78. The highest BCUT2D eigenvalue weighted by molar-refractivity contribution is 7.80. The van der Waals surface area contributed by atoms with Crippen LogP contribution in [0.4, 0.5) is 0 Å². The predicted octanol–water partition coefficient (Wildman–Crippen LogP) is 3.08. The molecule has 3 rings (SSSR count). The van der Waals surface area contributed by atoms with E-state index in [-0.39, 0.29) is 0 Å². The van der Waals surface area contributed by atoms with Gasteiger partial charge >= 0.3 is 0 Å². The van der Waals surface area contributed by atoms with Gasteiger partial charge < -0.3 is 14.6 Å². The van der Waals surface area contributed by atoms with Crippen molar-refractivity contribution in [2.24, 2.45) is 11.8 Å². The van der Waals surface area contributed by atoms with Gasteiger partial charge in [-0.3, -0.25) is 0 Å². The lowest BCUT2D eigenvalue weighted by Gasteiger charge is -2.28. The minimum Gasteiger partial charge on any atom is -0.464 e. The summed E-state index contributed by atoms with van der Waals surface area (Å²) in [5, 5.41) is 4.41. The van der Waals surface area contributed by atoms with Gasteiger partial charge in [0, 0.05) is 13.1 Å². The van der Waals surface area contributed by atoms with Gasteiger partial charge in [-0.05, 0) is 62.4 Å². The highest BCUT2D eigenvalue weighted by atomic mass is 32.1. The maximum Gasteiger partial charge on any atom is 0.169 e. The van der Waals surface area contributed by atoms with Crippen molar-refractivity contribution in [3.05, 3.63) is 23.7 Å². The zero-order valence-corrected chi connectivity index (χ0v) is 12.5. The summed E-state index contributed by atoms with van der Waals surface area (Å²) >= 11 is 5.51. The average molecular weight is 278 g/mol. The van der Waals surface area contributed by atoms with Gasteiger partial charge in [-0.15, -0.1) is 0 Å². The van der Waals surface area contributed by atoms with Gasteiger partial charge in [-0.2, -0.15) is 0 Å². The minimum absolute atomic E-state index is 0.604. The first-order valence-corrected chi connectivity index (χ1v) is 7.59. The van der Waals surface area contributed by atoms with Crippen molar-refractivity contribution < 1.29 is 4.42 Å². The van der Waals surface area contributed by atoms with E-state index in [0.717, 1.165) is 35.0 Å². The number of rotatable bonds is 3.